The molecular weight excluding hydrogens is 133 g/mol. The first-order valence-corrected chi connectivity index (χ1v) is 0. The van der Waals surface area contributed by atoms with E-state index in [1.807, 2.05) is 0 Å². The molecule has 0 aliphatic rings. The minimum atomic E-state index is 0. The van der Waals surface area contributed by atoms with Gasteiger partial charge in [-0.25, -0.2) is 0 Å². The average Bonchev–Trinajstić information content (AvgIpc) is 0. The van der Waals surface area contributed by atoms with Crippen LogP contribution in [0.25, 0.3) is 0 Å². The van der Waals surface area contributed by atoms with Crippen molar-refractivity contribution in [3.05, 3.63) is 0 Å². The number of hydrogen-bond acceptors (Lipinski definition) is 0. The van der Waals surface area contributed by atoms with Gasteiger partial charge in [-0.1, -0.05) is 0 Å². The zero-order valence-electron chi connectivity index (χ0n) is 1.86. The third kappa shape index (κ3) is 10.9. The maximum Gasteiger partial charge on any atom is 0 e. The second kappa shape index (κ2) is 30.6. The molecule has 4 heavy (non-hydrogen) atoms. The van der Waals surface area contributed by atoms with Gasteiger partial charge in [0, 0.05) is 51.0 Å². The van der Waals surface area contributed by atoms with Crippen molar-refractivity contribution in [2.24, 2.45) is 0 Å². The molecule has 0 spiro atoms. The van der Waals surface area contributed by atoms with Crippen LogP contribution in [0.2, 0.25) is 0 Å². The minimum Gasteiger partial charge on any atom is 0 e. The zero-order valence-corrected chi connectivity index (χ0v) is 4.07. The molecule has 0 atom stereocenters. The van der Waals surface area contributed by atoms with E-state index in [-0.39, 0.29) is 51.0 Å². The monoisotopic (exact) mass is 134 g/mol. The van der Waals surface area contributed by atoms with Crippen molar-refractivity contribution in [2.75, 3.05) is 0 Å². The molecule has 0 aliphatic heterocycles. The molecule has 0 unspecified atom stereocenters. The van der Waals surface area contributed by atoms with Crippen LogP contribution in [0.5, 0.6) is 0 Å². The molecule has 0 saturated heterocycles. The van der Waals surface area contributed by atoms with Gasteiger partial charge in [-0.2, -0.15) is 0 Å². The molecule has 4 heteroatoms. The van der Waals surface area contributed by atoms with Gasteiger partial charge in [0.1, 0.15) is 0 Å². The normalized spacial score (nSPS) is 0. The van der Waals surface area contributed by atoms with Crippen molar-refractivity contribution < 1.29 is 34.1 Å². The predicted molar refractivity (Wildman–Crippen MR) is 11.5 cm³/mol. The Morgan fingerprint density at radius 3 is 0.500 bits per heavy atom. The summed E-state index contributed by atoms with van der Waals surface area (Å²) in [5.74, 6) is 0. The molecule has 0 aromatic carbocycles. The Morgan fingerprint density at radius 2 is 0.500 bits per heavy atom. The summed E-state index contributed by atoms with van der Waals surface area (Å²) in [5.41, 5.74) is 0. The van der Waals surface area contributed by atoms with Gasteiger partial charge in [0.05, 0.1) is 0 Å². The van der Waals surface area contributed by atoms with Crippen LogP contribution >= 0.6 is 0 Å². The molecular formula is B2Fe2. The van der Waals surface area contributed by atoms with Crippen molar-refractivity contribution in [3.63, 3.8) is 0 Å². The Kier molecular flexibility index (Phi) is 504. The van der Waals surface area contributed by atoms with Crippen LogP contribution in [0, 0.1) is 0 Å². The van der Waals surface area contributed by atoms with Crippen molar-refractivity contribution >= 4 is 16.8 Å². The smallest absolute Gasteiger partial charge is 0 e. The van der Waals surface area contributed by atoms with Gasteiger partial charge in [0.2, 0.25) is 0 Å². The van der Waals surface area contributed by atoms with Crippen LogP contribution in [0.15, 0.2) is 0 Å². The average molecular weight is 133 g/mol. The van der Waals surface area contributed by atoms with E-state index in [2.05, 4.69) is 0 Å². The third-order valence-electron chi connectivity index (χ3n) is 0. The molecule has 6 radical (unpaired) electrons. The van der Waals surface area contributed by atoms with Crippen LogP contribution in [-0.2, 0) is 34.1 Å². The Balaban J connectivity index is 0. The van der Waals surface area contributed by atoms with E-state index in [0.717, 1.165) is 0 Å². The molecule has 0 aromatic heterocycles. The molecule has 0 rings (SSSR count). The van der Waals surface area contributed by atoms with E-state index in [1.165, 1.54) is 0 Å². The molecule has 0 fully saturated rings. The summed E-state index contributed by atoms with van der Waals surface area (Å²) in [5, 5.41) is 0. The largest absolute Gasteiger partial charge is 0 e. The summed E-state index contributed by atoms with van der Waals surface area (Å²) in [7, 11) is 0. The van der Waals surface area contributed by atoms with Crippen molar-refractivity contribution in [2.45, 2.75) is 0 Å². The maximum absolute atomic E-state index is 0. The molecule has 22 valence electrons. The van der Waals surface area contributed by atoms with Crippen molar-refractivity contribution in [1.82, 2.24) is 0 Å². The Morgan fingerprint density at radius 1 is 0.500 bits per heavy atom. The SMILES string of the molecule is [B].[B].[Fe].[Fe]. The number of hydrogen-bond donors (Lipinski definition) is 0. The Labute approximate surface area is 51.2 Å². The summed E-state index contributed by atoms with van der Waals surface area (Å²) in [6.45, 7) is 0. The minimum absolute atomic E-state index is 0. The second-order valence-corrected chi connectivity index (χ2v) is 0. The first-order chi connectivity index (χ1) is 0. The molecule has 0 saturated carbocycles. The molecule has 0 heterocycles. The molecule has 0 nitrogen and oxygen atoms in total. The van der Waals surface area contributed by atoms with Gasteiger partial charge >= 0.3 is 0 Å². The summed E-state index contributed by atoms with van der Waals surface area (Å²) < 4.78 is 0. The number of rotatable bonds is 0. The summed E-state index contributed by atoms with van der Waals surface area (Å²) in [6, 6.07) is 0. The summed E-state index contributed by atoms with van der Waals surface area (Å²) in [6.07, 6.45) is 0. The first-order valence-electron chi connectivity index (χ1n) is 0. The van der Waals surface area contributed by atoms with Crippen LogP contribution in [0.1, 0.15) is 0 Å². The van der Waals surface area contributed by atoms with Gasteiger partial charge in [-0.15, -0.1) is 0 Å². The van der Waals surface area contributed by atoms with Gasteiger partial charge in [-0.3, -0.25) is 0 Å². The van der Waals surface area contributed by atoms with Crippen LogP contribution in [0.4, 0.5) is 0 Å². The van der Waals surface area contributed by atoms with Crippen LogP contribution in [0.3, 0.4) is 0 Å². The van der Waals surface area contributed by atoms with Gasteiger partial charge < -0.3 is 0 Å². The molecule has 0 aromatic rings. The fourth-order valence-corrected chi connectivity index (χ4v) is 0. The second-order valence-electron chi connectivity index (χ2n) is 0. The fraction of sp³-hybridized carbons (Fsp3) is 0. The van der Waals surface area contributed by atoms with Crippen molar-refractivity contribution in [3.8, 4) is 0 Å². The molecule has 0 aliphatic carbocycles. The maximum atomic E-state index is 0. The molecule has 0 bridgehead atoms. The van der Waals surface area contributed by atoms with E-state index in [0.29, 0.717) is 0 Å². The molecule has 0 amide bonds. The van der Waals surface area contributed by atoms with Gasteiger partial charge in [0.15, 0.2) is 0 Å². The van der Waals surface area contributed by atoms with E-state index in [9.17, 15) is 0 Å². The van der Waals surface area contributed by atoms with E-state index in [1.54, 1.807) is 0 Å². The Bertz CT molecular complexity index is 4.00. The zero-order chi connectivity index (χ0) is 0. The predicted octanol–water partition coefficient (Wildman–Crippen LogP) is -0.767. The summed E-state index contributed by atoms with van der Waals surface area (Å²) in [4.78, 5) is 0. The Hall–Kier alpha value is 1.17. The standard InChI is InChI=1S/2B.2Fe. The van der Waals surface area contributed by atoms with E-state index in [4.69, 9.17) is 0 Å². The van der Waals surface area contributed by atoms with Crippen molar-refractivity contribution in [1.29, 1.82) is 0 Å². The van der Waals surface area contributed by atoms with Crippen LogP contribution < -0.4 is 0 Å². The van der Waals surface area contributed by atoms with E-state index >= 15 is 0 Å². The van der Waals surface area contributed by atoms with E-state index < -0.39 is 0 Å². The topological polar surface area (TPSA) is 0 Å². The fourth-order valence-electron chi connectivity index (χ4n) is 0. The quantitative estimate of drug-likeness (QED) is 0.381. The van der Waals surface area contributed by atoms with Gasteiger partial charge in [0.25, 0.3) is 0 Å². The third-order valence-corrected chi connectivity index (χ3v) is 0. The van der Waals surface area contributed by atoms with Crippen LogP contribution in [-0.4, -0.2) is 16.8 Å². The first kappa shape index (κ1) is 65.8. The summed E-state index contributed by atoms with van der Waals surface area (Å²) >= 11 is 0. The molecule has 0 N–H and O–H groups in total. The van der Waals surface area contributed by atoms with Gasteiger partial charge in [-0.05, 0) is 0 Å².